The van der Waals surface area contributed by atoms with Crippen molar-refractivity contribution in [2.45, 2.75) is 38.1 Å². The second-order valence-corrected chi connectivity index (χ2v) is 7.06. The van der Waals surface area contributed by atoms with Crippen molar-refractivity contribution in [1.82, 2.24) is 4.72 Å². The normalized spacial score (nSPS) is 15.6. The van der Waals surface area contributed by atoms with Gasteiger partial charge in [-0.25, -0.2) is 13.2 Å². The molecule has 3 nitrogen and oxygen atoms in total. The second kappa shape index (κ2) is 6.13. The Morgan fingerprint density at radius 3 is 2.37 bits per heavy atom. The maximum absolute atomic E-state index is 13.6. The van der Waals surface area contributed by atoms with Gasteiger partial charge in [0, 0.05) is 22.5 Å². The summed E-state index contributed by atoms with van der Waals surface area (Å²) >= 11 is -1.52. The summed E-state index contributed by atoms with van der Waals surface area (Å²) in [5.41, 5.74) is 5.22. The maximum atomic E-state index is 13.6. The Balaban J connectivity index is 2.93. The van der Waals surface area contributed by atoms with E-state index < -0.39 is 34.5 Å². The zero-order chi connectivity index (χ0) is 14.8. The van der Waals surface area contributed by atoms with Gasteiger partial charge in [0.1, 0.15) is 16.7 Å². The van der Waals surface area contributed by atoms with Crippen molar-refractivity contribution < 1.29 is 17.7 Å². The summed E-state index contributed by atoms with van der Waals surface area (Å²) in [6.07, 6.45) is -3.82. The van der Waals surface area contributed by atoms with Crippen molar-refractivity contribution in [3.63, 3.8) is 0 Å². The van der Waals surface area contributed by atoms with Crippen LogP contribution in [0.2, 0.25) is 0 Å². The van der Waals surface area contributed by atoms with Gasteiger partial charge in [0.25, 0.3) is 6.43 Å². The predicted octanol–water partition coefficient (Wildman–Crippen LogP) is 2.77. The summed E-state index contributed by atoms with van der Waals surface area (Å²) in [4.78, 5) is 0. The molecule has 108 valence electrons. The van der Waals surface area contributed by atoms with E-state index in [4.69, 9.17) is 5.73 Å². The summed E-state index contributed by atoms with van der Waals surface area (Å²) in [7, 11) is 0. The minimum atomic E-state index is -2.71. The van der Waals surface area contributed by atoms with Crippen LogP contribution in [0.4, 0.5) is 13.2 Å². The number of nitrogens with one attached hydrogen (secondary N) is 1. The summed E-state index contributed by atoms with van der Waals surface area (Å²) in [6, 6.07) is 2.91. The molecule has 0 saturated heterocycles. The van der Waals surface area contributed by atoms with Crippen LogP contribution in [-0.4, -0.2) is 9.30 Å². The van der Waals surface area contributed by atoms with Gasteiger partial charge < -0.3 is 10.3 Å². The molecule has 0 amide bonds. The average molecular weight is 294 g/mol. The molecular weight excluding hydrogens is 277 g/mol. The molecule has 0 aliphatic rings. The van der Waals surface area contributed by atoms with Gasteiger partial charge in [0.05, 0.1) is 0 Å². The topological polar surface area (TPSA) is 61.1 Å². The highest BCUT2D eigenvalue weighted by Crippen LogP contribution is 2.24. The Morgan fingerprint density at radius 2 is 1.89 bits per heavy atom. The first-order valence-electron chi connectivity index (χ1n) is 5.64. The number of rotatable bonds is 4. The third kappa shape index (κ3) is 4.38. The van der Waals surface area contributed by atoms with E-state index in [-0.39, 0.29) is 11.1 Å². The molecule has 1 aromatic rings. The lowest BCUT2D eigenvalue weighted by atomic mass is 10.1. The summed E-state index contributed by atoms with van der Waals surface area (Å²) in [6.45, 7) is 5.15. The molecule has 0 aliphatic heterocycles. The minimum Gasteiger partial charge on any atom is -0.598 e. The predicted molar refractivity (Wildman–Crippen MR) is 69.3 cm³/mol. The first-order valence-corrected chi connectivity index (χ1v) is 6.79. The number of hydrogen-bond donors (Lipinski definition) is 2. The zero-order valence-corrected chi connectivity index (χ0v) is 11.7. The molecule has 0 saturated carbocycles. The monoisotopic (exact) mass is 294 g/mol. The van der Waals surface area contributed by atoms with Crippen LogP contribution >= 0.6 is 0 Å². The van der Waals surface area contributed by atoms with Crippen molar-refractivity contribution in [1.29, 1.82) is 0 Å². The van der Waals surface area contributed by atoms with Crippen molar-refractivity contribution in [3.05, 3.63) is 35.1 Å². The van der Waals surface area contributed by atoms with Crippen LogP contribution in [-0.2, 0) is 11.4 Å². The standard InChI is InChI=1S/C12H17F3N2OS/c1-12(2,3)19(18)17-11(16)8-6-7(10(14)15)4-5-9(8)13/h4-6,10-11,17H,16H2,1-3H3/t11-,19?/m1/s1. The number of nitrogens with two attached hydrogens (primary N) is 1. The minimum absolute atomic E-state index is 0.129. The van der Waals surface area contributed by atoms with Gasteiger partial charge in [-0.15, -0.1) is 4.72 Å². The van der Waals surface area contributed by atoms with Crippen LogP contribution in [0.15, 0.2) is 18.2 Å². The molecule has 3 N–H and O–H groups in total. The van der Waals surface area contributed by atoms with Crippen LogP contribution in [0.5, 0.6) is 0 Å². The van der Waals surface area contributed by atoms with Crippen LogP contribution in [0.1, 0.15) is 44.5 Å². The number of benzene rings is 1. The van der Waals surface area contributed by atoms with Gasteiger partial charge >= 0.3 is 0 Å². The smallest absolute Gasteiger partial charge is 0.263 e. The van der Waals surface area contributed by atoms with E-state index in [9.17, 15) is 17.7 Å². The van der Waals surface area contributed by atoms with Crippen LogP contribution in [0.25, 0.3) is 0 Å². The molecule has 0 radical (unpaired) electrons. The molecule has 1 rings (SSSR count). The average Bonchev–Trinajstić information content (AvgIpc) is 2.27. The summed E-state index contributed by atoms with van der Waals surface area (Å²) < 4.78 is 52.4. The van der Waals surface area contributed by atoms with E-state index in [1.807, 2.05) is 0 Å². The molecule has 1 aromatic carbocycles. The Hall–Kier alpha value is -0.760. The largest absolute Gasteiger partial charge is 0.598 e. The maximum Gasteiger partial charge on any atom is 0.263 e. The van der Waals surface area contributed by atoms with Crippen LogP contribution < -0.4 is 10.5 Å². The molecule has 19 heavy (non-hydrogen) atoms. The quantitative estimate of drug-likeness (QED) is 0.663. The molecule has 0 fully saturated rings. The fourth-order valence-electron chi connectivity index (χ4n) is 1.29. The number of alkyl halides is 2. The molecule has 1 unspecified atom stereocenters. The molecule has 0 bridgehead atoms. The lowest BCUT2D eigenvalue weighted by molar-refractivity contribution is 0.151. The molecule has 0 heterocycles. The molecular formula is C12H17F3N2OS. The van der Waals surface area contributed by atoms with E-state index in [1.54, 1.807) is 20.8 Å². The van der Waals surface area contributed by atoms with E-state index >= 15 is 0 Å². The van der Waals surface area contributed by atoms with Crippen molar-refractivity contribution >= 4 is 11.4 Å². The lowest BCUT2D eigenvalue weighted by Gasteiger charge is -2.26. The van der Waals surface area contributed by atoms with Gasteiger partial charge in [0.2, 0.25) is 0 Å². The molecule has 0 aliphatic carbocycles. The first-order chi connectivity index (χ1) is 8.62. The Labute approximate surface area is 113 Å². The summed E-state index contributed by atoms with van der Waals surface area (Å²) in [5.74, 6) is -0.713. The summed E-state index contributed by atoms with van der Waals surface area (Å²) in [5, 5.41) is 0. The zero-order valence-electron chi connectivity index (χ0n) is 10.9. The number of hydrogen-bond acceptors (Lipinski definition) is 3. The highest BCUT2D eigenvalue weighted by atomic mass is 32.2. The first kappa shape index (κ1) is 16.3. The van der Waals surface area contributed by atoms with Crippen molar-refractivity contribution in [3.8, 4) is 0 Å². The van der Waals surface area contributed by atoms with E-state index in [2.05, 4.69) is 4.72 Å². The van der Waals surface area contributed by atoms with Crippen LogP contribution in [0.3, 0.4) is 0 Å². The van der Waals surface area contributed by atoms with Gasteiger partial charge in [-0.1, -0.05) is 6.07 Å². The van der Waals surface area contributed by atoms with Gasteiger partial charge in [-0.2, -0.15) is 0 Å². The Morgan fingerprint density at radius 1 is 1.32 bits per heavy atom. The molecule has 0 aromatic heterocycles. The van der Waals surface area contributed by atoms with Gasteiger partial charge in [-0.05, 0) is 32.9 Å². The Kier molecular flexibility index (Phi) is 5.26. The molecule has 7 heteroatoms. The van der Waals surface area contributed by atoms with Crippen LogP contribution in [0, 0.1) is 5.82 Å². The highest BCUT2D eigenvalue weighted by Gasteiger charge is 2.29. The fourth-order valence-corrected chi connectivity index (χ4v) is 2.00. The lowest BCUT2D eigenvalue weighted by Crippen LogP contribution is -2.44. The van der Waals surface area contributed by atoms with E-state index in [0.29, 0.717) is 0 Å². The third-order valence-electron chi connectivity index (χ3n) is 2.40. The SMILES string of the molecule is CC(C)(C)[S+]([O-])N[C@@H](N)c1cc(C(F)F)ccc1F. The van der Waals surface area contributed by atoms with E-state index in [1.165, 1.54) is 0 Å². The second-order valence-electron chi connectivity index (χ2n) is 5.06. The van der Waals surface area contributed by atoms with E-state index in [0.717, 1.165) is 18.2 Å². The number of halogens is 3. The van der Waals surface area contributed by atoms with Gasteiger partial charge in [-0.3, -0.25) is 0 Å². The van der Waals surface area contributed by atoms with Gasteiger partial charge in [0.15, 0.2) is 0 Å². The third-order valence-corrected chi connectivity index (χ3v) is 3.98. The van der Waals surface area contributed by atoms with Crippen molar-refractivity contribution in [2.24, 2.45) is 5.73 Å². The highest BCUT2D eigenvalue weighted by molar-refractivity contribution is 7.90. The van der Waals surface area contributed by atoms with Crippen molar-refractivity contribution in [2.75, 3.05) is 0 Å². The fraction of sp³-hybridized carbons (Fsp3) is 0.500. The molecule has 2 atom stereocenters. The molecule has 0 spiro atoms. The Bertz CT molecular complexity index is 437.